The maximum Gasteiger partial charge on any atom is 0.337 e. The largest absolute Gasteiger partial charge is 0.478 e. The van der Waals surface area contributed by atoms with E-state index in [0.29, 0.717) is 17.3 Å². The van der Waals surface area contributed by atoms with Gasteiger partial charge in [0.05, 0.1) is 11.3 Å². The standard InChI is InChI=1S/C11H13ClN2O2/c12-7-1-2-10(9(5-7)11(15)16)14-4-3-8(13)6-14/h1-2,5,8H,3-4,6,13H2,(H,15,16). The lowest BCUT2D eigenvalue weighted by Gasteiger charge is -2.20. The van der Waals surface area contributed by atoms with Crippen LogP contribution in [0.1, 0.15) is 16.8 Å². The third kappa shape index (κ3) is 2.13. The van der Waals surface area contributed by atoms with Gasteiger partial charge in [0, 0.05) is 24.2 Å². The van der Waals surface area contributed by atoms with E-state index in [1.54, 1.807) is 12.1 Å². The van der Waals surface area contributed by atoms with Gasteiger partial charge in [0.25, 0.3) is 0 Å². The third-order valence-electron chi connectivity index (χ3n) is 2.75. The van der Waals surface area contributed by atoms with Crippen molar-refractivity contribution in [3.8, 4) is 0 Å². The first kappa shape index (κ1) is 11.2. The maximum atomic E-state index is 11.1. The summed E-state index contributed by atoms with van der Waals surface area (Å²) in [6, 6.07) is 5.04. The average Bonchev–Trinajstić information content (AvgIpc) is 2.64. The third-order valence-corrected chi connectivity index (χ3v) is 2.99. The summed E-state index contributed by atoms with van der Waals surface area (Å²) in [5.41, 5.74) is 6.74. The molecule has 0 radical (unpaired) electrons. The Morgan fingerprint density at radius 3 is 2.88 bits per heavy atom. The Hall–Kier alpha value is -1.26. The van der Waals surface area contributed by atoms with E-state index in [0.717, 1.165) is 13.0 Å². The molecule has 1 atom stereocenters. The van der Waals surface area contributed by atoms with Gasteiger partial charge in [-0.05, 0) is 24.6 Å². The van der Waals surface area contributed by atoms with Crippen LogP contribution >= 0.6 is 11.6 Å². The number of rotatable bonds is 2. The van der Waals surface area contributed by atoms with E-state index in [2.05, 4.69) is 0 Å². The highest BCUT2D eigenvalue weighted by atomic mass is 35.5. The molecule has 1 fully saturated rings. The highest BCUT2D eigenvalue weighted by Gasteiger charge is 2.23. The molecule has 16 heavy (non-hydrogen) atoms. The Labute approximate surface area is 98.6 Å². The minimum Gasteiger partial charge on any atom is -0.478 e. The quantitative estimate of drug-likeness (QED) is 0.824. The molecule has 86 valence electrons. The van der Waals surface area contributed by atoms with Crippen molar-refractivity contribution in [2.45, 2.75) is 12.5 Å². The van der Waals surface area contributed by atoms with Gasteiger partial charge in [-0.3, -0.25) is 0 Å². The number of nitrogens with zero attached hydrogens (tertiary/aromatic N) is 1. The van der Waals surface area contributed by atoms with Crippen molar-refractivity contribution in [1.82, 2.24) is 0 Å². The highest BCUT2D eigenvalue weighted by Crippen LogP contribution is 2.27. The van der Waals surface area contributed by atoms with Crippen molar-refractivity contribution in [3.05, 3.63) is 28.8 Å². The lowest BCUT2D eigenvalue weighted by molar-refractivity contribution is 0.0697. The molecule has 0 spiro atoms. The molecule has 4 nitrogen and oxygen atoms in total. The topological polar surface area (TPSA) is 66.6 Å². The number of hydrogen-bond acceptors (Lipinski definition) is 3. The Morgan fingerprint density at radius 2 is 2.31 bits per heavy atom. The van der Waals surface area contributed by atoms with E-state index in [-0.39, 0.29) is 11.6 Å². The van der Waals surface area contributed by atoms with E-state index >= 15 is 0 Å². The average molecular weight is 241 g/mol. The van der Waals surface area contributed by atoms with Crippen LogP contribution in [-0.4, -0.2) is 30.2 Å². The van der Waals surface area contributed by atoms with Crippen LogP contribution in [-0.2, 0) is 0 Å². The van der Waals surface area contributed by atoms with Gasteiger partial charge in [-0.25, -0.2) is 4.79 Å². The van der Waals surface area contributed by atoms with E-state index in [1.807, 2.05) is 4.90 Å². The summed E-state index contributed by atoms with van der Waals surface area (Å²) in [4.78, 5) is 13.1. The predicted octanol–water partition coefficient (Wildman–Crippen LogP) is 1.58. The number of halogens is 1. The molecule has 1 saturated heterocycles. The van der Waals surface area contributed by atoms with Gasteiger partial charge in [0.1, 0.15) is 0 Å². The molecule has 0 amide bonds. The minimum absolute atomic E-state index is 0.123. The van der Waals surface area contributed by atoms with Gasteiger partial charge in [-0.2, -0.15) is 0 Å². The molecule has 3 N–H and O–H groups in total. The Kier molecular flexibility index (Phi) is 3.03. The van der Waals surface area contributed by atoms with Crippen LogP contribution in [0.15, 0.2) is 18.2 Å². The van der Waals surface area contributed by atoms with Crippen molar-refractivity contribution in [2.75, 3.05) is 18.0 Å². The van der Waals surface area contributed by atoms with Crippen LogP contribution in [0.2, 0.25) is 5.02 Å². The molecule has 2 rings (SSSR count). The molecule has 1 unspecified atom stereocenters. The number of hydrogen-bond donors (Lipinski definition) is 2. The lowest BCUT2D eigenvalue weighted by Crippen LogP contribution is -2.27. The number of carbonyl (C=O) groups is 1. The fraction of sp³-hybridized carbons (Fsp3) is 0.364. The second-order valence-corrected chi connectivity index (χ2v) is 4.40. The van der Waals surface area contributed by atoms with Crippen LogP contribution in [0.25, 0.3) is 0 Å². The van der Waals surface area contributed by atoms with Gasteiger partial charge < -0.3 is 15.7 Å². The van der Waals surface area contributed by atoms with Crippen LogP contribution in [0.5, 0.6) is 0 Å². The second-order valence-electron chi connectivity index (χ2n) is 3.96. The van der Waals surface area contributed by atoms with E-state index in [1.165, 1.54) is 6.07 Å². The van der Waals surface area contributed by atoms with E-state index in [9.17, 15) is 4.79 Å². The van der Waals surface area contributed by atoms with Crippen molar-refractivity contribution in [2.24, 2.45) is 5.73 Å². The maximum absolute atomic E-state index is 11.1. The molecule has 1 aliphatic rings. The fourth-order valence-electron chi connectivity index (χ4n) is 1.96. The molecule has 0 aromatic heterocycles. The number of carboxylic acid groups (broad SMARTS) is 1. The summed E-state index contributed by atoms with van der Waals surface area (Å²) < 4.78 is 0. The first-order valence-corrected chi connectivity index (χ1v) is 5.49. The first-order chi connectivity index (χ1) is 7.58. The molecule has 1 aliphatic heterocycles. The number of benzene rings is 1. The predicted molar refractivity (Wildman–Crippen MR) is 63.2 cm³/mol. The zero-order valence-electron chi connectivity index (χ0n) is 8.69. The zero-order valence-corrected chi connectivity index (χ0v) is 9.44. The van der Waals surface area contributed by atoms with Crippen molar-refractivity contribution in [3.63, 3.8) is 0 Å². The number of aromatic carboxylic acids is 1. The lowest BCUT2D eigenvalue weighted by atomic mass is 10.1. The monoisotopic (exact) mass is 240 g/mol. The molecule has 1 heterocycles. The fourth-order valence-corrected chi connectivity index (χ4v) is 2.13. The first-order valence-electron chi connectivity index (χ1n) is 5.11. The van der Waals surface area contributed by atoms with Crippen molar-refractivity contribution >= 4 is 23.3 Å². The summed E-state index contributed by atoms with van der Waals surface area (Å²) in [5.74, 6) is -0.960. The summed E-state index contributed by atoms with van der Waals surface area (Å²) in [6.45, 7) is 1.49. The van der Waals surface area contributed by atoms with Gasteiger partial charge >= 0.3 is 5.97 Å². The summed E-state index contributed by atoms with van der Waals surface area (Å²) in [7, 11) is 0. The number of nitrogens with two attached hydrogens (primary N) is 1. The molecule has 0 aliphatic carbocycles. The second kappa shape index (κ2) is 4.31. The molecule has 0 bridgehead atoms. The van der Waals surface area contributed by atoms with E-state index in [4.69, 9.17) is 22.4 Å². The van der Waals surface area contributed by atoms with Gasteiger partial charge in [0.2, 0.25) is 0 Å². The van der Waals surface area contributed by atoms with Crippen LogP contribution < -0.4 is 10.6 Å². The SMILES string of the molecule is NC1CCN(c2ccc(Cl)cc2C(=O)O)C1. The normalized spacial score (nSPS) is 20.1. The molecular formula is C11H13ClN2O2. The molecule has 1 aromatic rings. The molecule has 5 heteroatoms. The summed E-state index contributed by atoms with van der Waals surface area (Å²) in [5, 5.41) is 9.53. The summed E-state index contributed by atoms with van der Waals surface area (Å²) >= 11 is 5.79. The van der Waals surface area contributed by atoms with E-state index < -0.39 is 5.97 Å². The van der Waals surface area contributed by atoms with Gasteiger partial charge in [0.15, 0.2) is 0 Å². The van der Waals surface area contributed by atoms with Crippen molar-refractivity contribution in [1.29, 1.82) is 0 Å². The Morgan fingerprint density at radius 1 is 1.56 bits per heavy atom. The molecular weight excluding hydrogens is 228 g/mol. The number of anilines is 1. The van der Waals surface area contributed by atoms with Crippen LogP contribution in [0, 0.1) is 0 Å². The minimum atomic E-state index is -0.960. The zero-order chi connectivity index (χ0) is 11.7. The Bertz CT molecular complexity index is 422. The number of carboxylic acids is 1. The van der Waals surface area contributed by atoms with Gasteiger partial charge in [-0.1, -0.05) is 11.6 Å². The highest BCUT2D eigenvalue weighted by molar-refractivity contribution is 6.31. The van der Waals surface area contributed by atoms with Crippen LogP contribution in [0.4, 0.5) is 5.69 Å². The molecule has 0 saturated carbocycles. The van der Waals surface area contributed by atoms with Crippen LogP contribution in [0.3, 0.4) is 0 Å². The van der Waals surface area contributed by atoms with Crippen molar-refractivity contribution < 1.29 is 9.90 Å². The Balaban J connectivity index is 2.36. The summed E-state index contributed by atoms with van der Waals surface area (Å²) in [6.07, 6.45) is 0.891. The molecule has 1 aromatic carbocycles. The van der Waals surface area contributed by atoms with Gasteiger partial charge in [-0.15, -0.1) is 0 Å². The smallest absolute Gasteiger partial charge is 0.337 e.